The largest absolute Gasteiger partial charge is 0.386 e. The fourth-order valence-corrected chi connectivity index (χ4v) is 1.18. The van der Waals surface area contributed by atoms with Gasteiger partial charge in [0.1, 0.15) is 6.10 Å². The molecule has 0 saturated heterocycles. The third-order valence-electron chi connectivity index (χ3n) is 1.90. The number of nitrogens with zero attached hydrogens (tertiary/aromatic N) is 1. The first-order valence-corrected chi connectivity index (χ1v) is 4.45. The van der Waals surface area contributed by atoms with Crippen molar-refractivity contribution in [1.29, 1.82) is 0 Å². The highest BCUT2D eigenvalue weighted by Gasteiger charge is 2.15. The lowest BCUT2D eigenvalue weighted by atomic mass is 10.1. The molecule has 0 spiro atoms. The molecular formula is C10H15NO2. The number of hydrogen-bond donors (Lipinski definition) is 1. The van der Waals surface area contributed by atoms with Crippen molar-refractivity contribution in [2.45, 2.75) is 26.1 Å². The Kier molecular flexibility index (Phi) is 3.86. The van der Waals surface area contributed by atoms with E-state index in [0.717, 1.165) is 5.56 Å². The standard InChI is InChI=1S/C10H15NO2/c1-3-13-8(2)10(12)9-5-4-6-11-7-9/h4-8,10,12H,3H2,1-2H3. The van der Waals surface area contributed by atoms with Gasteiger partial charge in [-0.2, -0.15) is 0 Å². The minimum Gasteiger partial charge on any atom is -0.386 e. The van der Waals surface area contributed by atoms with Crippen molar-refractivity contribution >= 4 is 0 Å². The van der Waals surface area contributed by atoms with Gasteiger partial charge in [-0.15, -0.1) is 0 Å². The molecule has 0 fully saturated rings. The Morgan fingerprint density at radius 3 is 2.92 bits per heavy atom. The summed E-state index contributed by atoms with van der Waals surface area (Å²) in [5.41, 5.74) is 0.795. The average molecular weight is 181 g/mol. The number of ether oxygens (including phenoxy) is 1. The third kappa shape index (κ3) is 2.79. The first kappa shape index (κ1) is 10.2. The number of aliphatic hydroxyl groups is 1. The summed E-state index contributed by atoms with van der Waals surface area (Å²) in [5, 5.41) is 9.76. The van der Waals surface area contributed by atoms with Crippen LogP contribution in [0.3, 0.4) is 0 Å². The third-order valence-corrected chi connectivity index (χ3v) is 1.90. The van der Waals surface area contributed by atoms with Crippen molar-refractivity contribution in [2.75, 3.05) is 6.61 Å². The van der Waals surface area contributed by atoms with E-state index in [0.29, 0.717) is 6.61 Å². The van der Waals surface area contributed by atoms with Gasteiger partial charge in [0.25, 0.3) is 0 Å². The van der Waals surface area contributed by atoms with Crippen LogP contribution < -0.4 is 0 Å². The second kappa shape index (κ2) is 4.94. The zero-order valence-electron chi connectivity index (χ0n) is 7.97. The monoisotopic (exact) mass is 181 g/mol. The number of pyridine rings is 1. The van der Waals surface area contributed by atoms with Gasteiger partial charge in [0.05, 0.1) is 6.10 Å². The van der Waals surface area contributed by atoms with E-state index in [4.69, 9.17) is 4.74 Å². The quantitative estimate of drug-likeness (QED) is 0.766. The van der Waals surface area contributed by atoms with E-state index >= 15 is 0 Å². The van der Waals surface area contributed by atoms with Crippen LogP contribution in [0.25, 0.3) is 0 Å². The summed E-state index contributed by atoms with van der Waals surface area (Å²) in [4.78, 5) is 3.93. The van der Waals surface area contributed by atoms with Crippen LogP contribution in [0.15, 0.2) is 24.5 Å². The molecule has 72 valence electrons. The molecule has 3 heteroatoms. The SMILES string of the molecule is CCOC(C)C(O)c1cccnc1. The van der Waals surface area contributed by atoms with Crippen molar-refractivity contribution in [3.8, 4) is 0 Å². The summed E-state index contributed by atoms with van der Waals surface area (Å²) >= 11 is 0. The maximum atomic E-state index is 9.76. The van der Waals surface area contributed by atoms with Crippen molar-refractivity contribution in [1.82, 2.24) is 4.98 Å². The minimum atomic E-state index is -0.589. The van der Waals surface area contributed by atoms with Crippen LogP contribution in [-0.2, 0) is 4.74 Å². The van der Waals surface area contributed by atoms with Gasteiger partial charge in [-0.3, -0.25) is 4.98 Å². The molecule has 0 radical (unpaired) electrons. The summed E-state index contributed by atoms with van der Waals surface area (Å²) < 4.78 is 5.28. The van der Waals surface area contributed by atoms with Gasteiger partial charge in [0, 0.05) is 24.6 Å². The van der Waals surface area contributed by atoms with Crippen molar-refractivity contribution in [3.05, 3.63) is 30.1 Å². The summed E-state index contributed by atoms with van der Waals surface area (Å²) in [6.45, 7) is 4.37. The van der Waals surface area contributed by atoms with Crippen LogP contribution in [0.5, 0.6) is 0 Å². The van der Waals surface area contributed by atoms with Crippen LogP contribution >= 0.6 is 0 Å². The van der Waals surface area contributed by atoms with Gasteiger partial charge in [-0.05, 0) is 19.9 Å². The van der Waals surface area contributed by atoms with Crippen molar-refractivity contribution < 1.29 is 9.84 Å². The number of rotatable bonds is 4. The number of aromatic nitrogens is 1. The van der Waals surface area contributed by atoms with E-state index in [-0.39, 0.29) is 6.10 Å². The Labute approximate surface area is 78.4 Å². The molecule has 1 rings (SSSR count). The normalized spacial score (nSPS) is 15.3. The average Bonchev–Trinajstić information content (AvgIpc) is 2.18. The van der Waals surface area contributed by atoms with Gasteiger partial charge in [0.2, 0.25) is 0 Å². The topological polar surface area (TPSA) is 42.4 Å². The summed E-state index contributed by atoms with van der Waals surface area (Å²) in [7, 11) is 0. The molecule has 1 aromatic rings. The zero-order valence-corrected chi connectivity index (χ0v) is 7.97. The van der Waals surface area contributed by atoms with Crippen LogP contribution in [0.4, 0.5) is 0 Å². The highest BCUT2D eigenvalue weighted by Crippen LogP contribution is 2.17. The molecule has 0 aromatic carbocycles. The van der Waals surface area contributed by atoms with Crippen molar-refractivity contribution in [2.24, 2.45) is 0 Å². The lowest BCUT2D eigenvalue weighted by Crippen LogP contribution is -2.18. The van der Waals surface area contributed by atoms with Crippen LogP contribution in [0.2, 0.25) is 0 Å². The molecule has 0 aliphatic rings. The molecule has 2 atom stereocenters. The molecule has 0 amide bonds. The Balaban J connectivity index is 2.62. The maximum Gasteiger partial charge on any atom is 0.106 e. The van der Waals surface area contributed by atoms with Crippen LogP contribution in [-0.4, -0.2) is 22.8 Å². The Morgan fingerprint density at radius 2 is 2.38 bits per heavy atom. The Morgan fingerprint density at radius 1 is 1.62 bits per heavy atom. The Bertz CT molecular complexity index is 238. The highest BCUT2D eigenvalue weighted by atomic mass is 16.5. The fraction of sp³-hybridized carbons (Fsp3) is 0.500. The van der Waals surface area contributed by atoms with Crippen molar-refractivity contribution in [3.63, 3.8) is 0 Å². The maximum absolute atomic E-state index is 9.76. The summed E-state index contributed by atoms with van der Waals surface area (Å²) in [6.07, 6.45) is 2.56. The van der Waals surface area contributed by atoms with E-state index in [9.17, 15) is 5.11 Å². The molecule has 2 unspecified atom stereocenters. The summed E-state index contributed by atoms with van der Waals surface area (Å²) in [5.74, 6) is 0. The van der Waals surface area contributed by atoms with Gasteiger partial charge in [-0.1, -0.05) is 6.07 Å². The molecular weight excluding hydrogens is 166 g/mol. The van der Waals surface area contributed by atoms with Gasteiger partial charge in [0.15, 0.2) is 0 Å². The van der Waals surface area contributed by atoms with E-state index in [1.807, 2.05) is 19.9 Å². The van der Waals surface area contributed by atoms with Gasteiger partial charge < -0.3 is 9.84 Å². The predicted molar refractivity (Wildman–Crippen MR) is 50.3 cm³/mol. The van der Waals surface area contributed by atoms with Gasteiger partial charge in [-0.25, -0.2) is 0 Å². The van der Waals surface area contributed by atoms with Gasteiger partial charge >= 0.3 is 0 Å². The van der Waals surface area contributed by atoms with Crippen LogP contribution in [0, 0.1) is 0 Å². The molecule has 0 aliphatic heterocycles. The molecule has 13 heavy (non-hydrogen) atoms. The predicted octanol–water partition coefficient (Wildman–Crippen LogP) is 1.54. The smallest absolute Gasteiger partial charge is 0.106 e. The number of aliphatic hydroxyl groups excluding tert-OH is 1. The minimum absolute atomic E-state index is 0.186. The molecule has 3 nitrogen and oxygen atoms in total. The lowest BCUT2D eigenvalue weighted by molar-refractivity contribution is -0.0229. The zero-order chi connectivity index (χ0) is 9.68. The number of hydrogen-bond acceptors (Lipinski definition) is 3. The Hall–Kier alpha value is -0.930. The first-order chi connectivity index (χ1) is 6.25. The fourth-order valence-electron chi connectivity index (χ4n) is 1.18. The van der Waals surface area contributed by atoms with E-state index < -0.39 is 6.10 Å². The second-order valence-corrected chi connectivity index (χ2v) is 2.89. The van der Waals surface area contributed by atoms with Crippen LogP contribution in [0.1, 0.15) is 25.5 Å². The molecule has 1 heterocycles. The van der Waals surface area contributed by atoms with E-state index in [1.165, 1.54) is 0 Å². The van der Waals surface area contributed by atoms with E-state index in [2.05, 4.69) is 4.98 Å². The molecule has 0 bridgehead atoms. The molecule has 0 saturated carbocycles. The van der Waals surface area contributed by atoms with E-state index in [1.54, 1.807) is 18.5 Å². The molecule has 0 aliphatic carbocycles. The molecule has 1 aromatic heterocycles. The first-order valence-electron chi connectivity index (χ1n) is 4.45. The second-order valence-electron chi connectivity index (χ2n) is 2.89. The summed E-state index contributed by atoms with van der Waals surface area (Å²) in [6, 6.07) is 3.64. The molecule has 1 N–H and O–H groups in total. The highest BCUT2D eigenvalue weighted by molar-refractivity contribution is 5.12. The lowest BCUT2D eigenvalue weighted by Gasteiger charge is -2.18.